The Labute approximate surface area is 121 Å². The molecule has 1 saturated heterocycles. The van der Waals surface area contributed by atoms with Crippen molar-refractivity contribution in [1.82, 2.24) is 15.0 Å². The van der Waals surface area contributed by atoms with E-state index in [2.05, 4.69) is 58.2 Å². The fourth-order valence-corrected chi connectivity index (χ4v) is 2.13. The Morgan fingerprint density at radius 1 is 1.05 bits per heavy atom. The number of hydrogen-bond acceptors (Lipinski definition) is 6. The molecule has 2 rings (SSSR count). The number of aromatic nitrogens is 3. The van der Waals surface area contributed by atoms with Gasteiger partial charge in [0.2, 0.25) is 17.8 Å². The Morgan fingerprint density at radius 2 is 1.70 bits per heavy atom. The predicted molar refractivity (Wildman–Crippen MR) is 83.4 cm³/mol. The van der Waals surface area contributed by atoms with Crippen LogP contribution in [0.15, 0.2) is 0 Å². The lowest BCUT2D eigenvalue weighted by Crippen LogP contribution is -2.29. The van der Waals surface area contributed by atoms with Crippen LogP contribution in [0.5, 0.6) is 0 Å². The van der Waals surface area contributed by atoms with E-state index in [4.69, 9.17) is 0 Å². The van der Waals surface area contributed by atoms with Crippen LogP contribution in [0.2, 0.25) is 0 Å². The molecule has 0 bridgehead atoms. The smallest absolute Gasteiger partial charge is 0.231 e. The molecule has 6 nitrogen and oxygen atoms in total. The molecular weight excluding hydrogens is 252 g/mol. The Hall–Kier alpha value is -1.59. The van der Waals surface area contributed by atoms with Crippen LogP contribution in [-0.2, 0) is 0 Å². The molecule has 1 aromatic rings. The van der Waals surface area contributed by atoms with Crippen LogP contribution in [0.25, 0.3) is 0 Å². The first-order valence-corrected chi connectivity index (χ1v) is 7.51. The van der Waals surface area contributed by atoms with Crippen LogP contribution in [0.1, 0.15) is 47.0 Å². The summed E-state index contributed by atoms with van der Waals surface area (Å²) in [6.45, 7) is 11.4. The highest BCUT2D eigenvalue weighted by Crippen LogP contribution is 2.20. The molecule has 0 atom stereocenters. The topological polar surface area (TPSA) is 66.0 Å². The fraction of sp³-hybridized carbons (Fsp3) is 0.786. The second-order valence-electron chi connectivity index (χ2n) is 6.28. The van der Waals surface area contributed by atoms with Crippen molar-refractivity contribution in [2.75, 3.05) is 35.2 Å². The lowest BCUT2D eigenvalue weighted by atomic mass is 10.1. The third-order valence-corrected chi connectivity index (χ3v) is 3.03. The molecule has 1 aromatic heterocycles. The second-order valence-corrected chi connectivity index (χ2v) is 6.28. The zero-order valence-electron chi connectivity index (χ0n) is 13.0. The number of anilines is 3. The average Bonchev–Trinajstić information content (AvgIpc) is 2.87. The number of hydrogen-bond donors (Lipinski definition) is 2. The average molecular weight is 278 g/mol. The van der Waals surface area contributed by atoms with Crippen molar-refractivity contribution in [1.29, 1.82) is 0 Å². The van der Waals surface area contributed by atoms with Gasteiger partial charge in [-0.15, -0.1) is 0 Å². The monoisotopic (exact) mass is 278 g/mol. The quantitative estimate of drug-likeness (QED) is 0.862. The lowest BCUT2D eigenvalue weighted by molar-refractivity contribution is 0.624. The molecule has 2 N–H and O–H groups in total. The van der Waals surface area contributed by atoms with Gasteiger partial charge in [-0.25, -0.2) is 0 Å². The van der Waals surface area contributed by atoms with Crippen molar-refractivity contribution in [2.24, 2.45) is 0 Å². The molecule has 0 spiro atoms. The highest BCUT2D eigenvalue weighted by molar-refractivity contribution is 5.45. The van der Waals surface area contributed by atoms with E-state index in [9.17, 15) is 0 Å². The molecule has 1 aliphatic heterocycles. The van der Waals surface area contributed by atoms with E-state index in [-0.39, 0.29) is 5.54 Å². The van der Waals surface area contributed by atoms with Gasteiger partial charge in [0.15, 0.2) is 0 Å². The van der Waals surface area contributed by atoms with E-state index < -0.39 is 0 Å². The van der Waals surface area contributed by atoms with Gasteiger partial charge in [0.1, 0.15) is 0 Å². The third kappa shape index (κ3) is 4.21. The molecule has 0 aliphatic carbocycles. The summed E-state index contributed by atoms with van der Waals surface area (Å²) < 4.78 is 0. The van der Waals surface area contributed by atoms with Crippen molar-refractivity contribution in [2.45, 2.75) is 52.5 Å². The lowest BCUT2D eigenvalue weighted by Gasteiger charge is -2.22. The van der Waals surface area contributed by atoms with Gasteiger partial charge in [0, 0.05) is 25.2 Å². The summed E-state index contributed by atoms with van der Waals surface area (Å²) in [6.07, 6.45) is 3.48. The summed E-state index contributed by atoms with van der Waals surface area (Å²) in [4.78, 5) is 15.8. The molecule has 20 heavy (non-hydrogen) atoms. The maximum absolute atomic E-state index is 4.56. The molecule has 112 valence electrons. The molecule has 0 saturated carbocycles. The minimum absolute atomic E-state index is 0.0638. The predicted octanol–water partition coefficient (Wildman–Crippen LogP) is 2.50. The van der Waals surface area contributed by atoms with Crippen LogP contribution >= 0.6 is 0 Å². The first kappa shape index (κ1) is 14.8. The SMILES string of the molecule is CCCNc1nc(NC(C)(C)C)nc(N2CCCC2)n1. The highest BCUT2D eigenvalue weighted by Gasteiger charge is 2.19. The van der Waals surface area contributed by atoms with Crippen LogP contribution in [0, 0.1) is 0 Å². The first-order chi connectivity index (χ1) is 9.48. The van der Waals surface area contributed by atoms with Gasteiger partial charge in [0.05, 0.1) is 0 Å². The molecule has 0 amide bonds. The maximum Gasteiger partial charge on any atom is 0.231 e. The highest BCUT2D eigenvalue weighted by atomic mass is 15.3. The minimum Gasteiger partial charge on any atom is -0.354 e. The van der Waals surface area contributed by atoms with Gasteiger partial charge >= 0.3 is 0 Å². The summed E-state index contributed by atoms with van der Waals surface area (Å²) in [6, 6.07) is 0. The number of nitrogens with zero attached hydrogens (tertiary/aromatic N) is 4. The molecule has 1 fully saturated rings. The van der Waals surface area contributed by atoms with Crippen LogP contribution < -0.4 is 15.5 Å². The van der Waals surface area contributed by atoms with Gasteiger partial charge in [-0.05, 0) is 40.0 Å². The third-order valence-electron chi connectivity index (χ3n) is 3.03. The molecular formula is C14H26N6. The number of rotatable bonds is 5. The summed E-state index contributed by atoms with van der Waals surface area (Å²) in [5.74, 6) is 2.09. The number of nitrogens with one attached hydrogen (secondary N) is 2. The zero-order chi connectivity index (χ0) is 14.6. The largest absolute Gasteiger partial charge is 0.354 e. The van der Waals surface area contributed by atoms with Crippen molar-refractivity contribution >= 4 is 17.8 Å². The van der Waals surface area contributed by atoms with E-state index in [1.54, 1.807) is 0 Å². The Morgan fingerprint density at radius 3 is 2.30 bits per heavy atom. The fourth-order valence-electron chi connectivity index (χ4n) is 2.13. The van der Waals surface area contributed by atoms with E-state index in [0.29, 0.717) is 11.9 Å². The van der Waals surface area contributed by atoms with Crippen LogP contribution in [0.3, 0.4) is 0 Å². The Kier molecular flexibility index (Phi) is 4.62. The summed E-state index contributed by atoms with van der Waals surface area (Å²) in [5, 5.41) is 6.59. The second kappa shape index (κ2) is 6.24. The molecule has 2 heterocycles. The van der Waals surface area contributed by atoms with Crippen molar-refractivity contribution in [3.63, 3.8) is 0 Å². The van der Waals surface area contributed by atoms with E-state index in [0.717, 1.165) is 32.0 Å². The maximum atomic E-state index is 4.56. The van der Waals surface area contributed by atoms with Crippen LogP contribution in [0.4, 0.5) is 17.8 Å². The van der Waals surface area contributed by atoms with Crippen molar-refractivity contribution in [3.8, 4) is 0 Å². The summed E-state index contributed by atoms with van der Waals surface area (Å²) in [5.41, 5.74) is -0.0638. The van der Waals surface area contributed by atoms with Gasteiger partial charge < -0.3 is 15.5 Å². The summed E-state index contributed by atoms with van der Waals surface area (Å²) >= 11 is 0. The molecule has 0 unspecified atom stereocenters. The van der Waals surface area contributed by atoms with E-state index in [1.165, 1.54) is 12.8 Å². The van der Waals surface area contributed by atoms with Gasteiger partial charge in [-0.1, -0.05) is 6.92 Å². The van der Waals surface area contributed by atoms with Crippen LogP contribution in [-0.4, -0.2) is 40.1 Å². The minimum atomic E-state index is -0.0638. The van der Waals surface area contributed by atoms with Crippen molar-refractivity contribution < 1.29 is 0 Å². The Balaban J connectivity index is 2.23. The molecule has 1 aliphatic rings. The first-order valence-electron chi connectivity index (χ1n) is 7.51. The van der Waals surface area contributed by atoms with Gasteiger partial charge in [0.25, 0.3) is 0 Å². The van der Waals surface area contributed by atoms with E-state index >= 15 is 0 Å². The van der Waals surface area contributed by atoms with E-state index in [1.807, 2.05) is 0 Å². The normalized spacial score (nSPS) is 15.5. The molecule has 0 radical (unpaired) electrons. The summed E-state index contributed by atoms with van der Waals surface area (Å²) in [7, 11) is 0. The standard InChI is InChI=1S/C14H26N6/c1-5-8-15-11-16-12(19-14(2,3)4)18-13(17-11)20-9-6-7-10-20/h5-10H2,1-4H3,(H2,15,16,17,18,19). The Bertz CT molecular complexity index is 434. The van der Waals surface area contributed by atoms with Crippen molar-refractivity contribution in [3.05, 3.63) is 0 Å². The molecule has 6 heteroatoms. The van der Waals surface area contributed by atoms with Gasteiger partial charge in [-0.2, -0.15) is 15.0 Å². The molecule has 0 aromatic carbocycles. The van der Waals surface area contributed by atoms with Gasteiger partial charge in [-0.3, -0.25) is 0 Å². The zero-order valence-corrected chi connectivity index (χ0v) is 13.0.